The number of ether oxygens (including phenoxy) is 1. The summed E-state index contributed by atoms with van der Waals surface area (Å²) in [6, 6.07) is 12.8. The molecule has 11 nitrogen and oxygen atoms in total. The van der Waals surface area contributed by atoms with Crippen molar-refractivity contribution in [3.63, 3.8) is 0 Å². The lowest BCUT2D eigenvalue weighted by atomic mass is 10.1. The van der Waals surface area contributed by atoms with E-state index in [9.17, 15) is 28.0 Å². The number of sulfonamides is 1. The number of carbonyl (C=O) groups is 3. The SMILES string of the molecule is NC(=O)C(CCN1C(=O)c2ccccc2C1=O)N(O)S(=O)(=O)c1ccc(Oc2ccncc2)cc1. The molecule has 3 amide bonds. The molecular weight excluding hydrogens is 476 g/mol. The molecule has 0 bridgehead atoms. The molecule has 0 aliphatic carbocycles. The van der Waals surface area contributed by atoms with E-state index in [4.69, 9.17) is 10.5 Å². The van der Waals surface area contributed by atoms with Gasteiger partial charge in [-0.2, -0.15) is 0 Å². The minimum absolute atomic E-state index is 0.147. The molecule has 35 heavy (non-hydrogen) atoms. The predicted octanol–water partition coefficient (Wildman–Crippen LogP) is 1.79. The normalized spacial score (nSPS) is 14.2. The van der Waals surface area contributed by atoms with Crippen molar-refractivity contribution in [3.8, 4) is 11.5 Å². The van der Waals surface area contributed by atoms with Gasteiger partial charge in [-0.3, -0.25) is 29.5 Å². The lowest BCUT2D eigenvalue weighted by Crippen LogP contribution is -2.48. The summed E-state index contributed by atoms with van der Waals surface area (Å²) in [6.07, 6.45) is 2.66. The highest BCUT2D eigenvalue weighted by Gasteiger charge is 2.38. The van der Waals surface area contributed by atoms with Crippen LogP contribution in [0.3, 0.4) is 0 Å². The maximum absolute atomic E-state index is 12.9. The van der Waals surface area contributed by atoms with Crippen LogP contribution in [0, 0.1) is 0 Å². The van der Waals surface area contributed by atoms with Gasteiger partial charge in [0.2, 0.25) is 5.91 Å². The maximum Gasteiger partial charge on any atom is 0.265 e. The fourth-order valence-electron chi connectivity index (χ4n) is 3.55. The van der Waals surface area contributed by atoms with Crippen molar-refractivity contribution in [3.05, 3.63) is 84.2 Å². The highest BCUT2D eigenvalue weighted by atomic mass is 32.2. The molecule has 0 saturated carbocycles. The molecule has 4 rings (SSSR count). The average Bonchev–Trinajstić information content (AvgIpc) is 3.10. The molecule has 0 saturated heterocycles. The summed E-state index contributed by atoms with van der Waals surface area (Å²) in [6.45, 7) is -0.328. The monoisotopic (exact) mass is 496 g/mol. The van der Waals surface area contributed by atoms with E-state index < -0.39 is 40.2 Å². The quantitative estimate of drug-likeness (QED) is 0.335. The van der Waals surface area contributed by atoms with E-state index >= 15 is 0 Å². The molecule has 3 aromatic rings. The number of hydrogen-bond donors (Lipinski definition) is 2. The van der Waals surface area contributed by atoms with E-state index in [0.29, 0.717) is 11.5 Å². The van der Waals surface area contributed by atoms with Crippen molar-refractivity contribution >= 4 is 27.7 Å². The molecule has 1 atom stereocenters. The first-order valence-corrected chi connectivity index (χ1v) is 11.8. The molecule has 12 heteroatoms. The summed E-state index contributed by atoms with van der Waals surface area (Å²) in [7, 11) is -4.57. The van der Waals surface area contributed by atoms with Crippen LogP contribution < -0.4 is 10.5 Å². The summed E-state index contributed by atoms with van der Waals surface area (Å²) in [5.41, 5.74) is 5.75. The number of imide groups is 1. The van der Waals surface area contributed by atoms with Gasteiger partial charge in [0, 0.05) is 18.9 Å². The molecule has 0 radical (unpaired) electrons. The van der Waals surface area contributed by atoms with Crippen LogP contribution in [0.15, 0.2) is 78.0 Å². The second-order valence-corrected chi connectivity index (χ2v) is 9.34. The number of nitrogens with zero attached hydrogens (tertiary/aromatic N) is 3. The summed E-state index contributed by atoms with van der Waals surface area (Å²) < 4.78 is 31.3. The smallest absolute Gasteiger partial charge is 0.265 e. The molecule has 1 unspecified atom stereocenters. The van der Waals surface area contributed by atoms with Gasteiger partial charge in [0.15, 0.2) is 0 Å². The number of hydrogen-bond acceptors (Lipinski definition) is 8. The lowest BCUT2D eigenvalue weighted by Gasteiger charge is -2.24. The predicted molar refractivity (Wildman–Crippen MR) is 121 cm³/mol. The Hall–Kier alpha value is -4.13. The topological polar surface area (TPSA) is 160 Å². The van der Waals surface area contributed by atoms with E-state index in [1.807, 2.05) is 0 Å². The second-order valence-electron chi connectivity index (χ2n) is 7.55. The van der Waals surface area contributed by atoms with Gasteiger partial charge < -0.3 is 10.5 Å². The summed E-state index contributed by atoms with van der Waals surface area (Å²) in [5, 5.41) is 10.5. The number of primary amides is 1. The van der Waals surface area contributed by atoms with Crippen LogP contribution in [0.5, 0.6) is 11.5 Å². The van der Waals surface area contributed by atoms with Gasteiger partial charge >= 0.3 is 0 Å². The van der Waals surface area contributed by atoms with Crippen LogP contribution in [-0.4, -0.2) is 58.3 Å². The molecule has 2 heterocycles. The van der Waals surface area contributed by atoms with Crippen molar-refractivity contribution < 1.29 is 32.7 Å². The van der Waals surface area contributed by atoms with Crippen molar-refractivity contribution in [1.29, 1.82) is 0 Å². The molecule has 3 N–H and O–H groups in total. The van der Waals surface area contributed by atoms with E-state index in [2.05, 4.69) is 4.98 Å². The number of pyridine rings is 1. The van der Waals surface area contributed by atoms with Gasteiger partial charge in [0.25, 0.3) is 21.8 Å². The first-order valence-electron chi connectivity index (χ1n) is 10.4. The van der Waals surface area contributed by atoms with Gasteiger partial charge in [-0.15, -0.1) is 0 Å². The number of nitrogens with two attached hydrogens (primary N) is 1. The van der Waals surface area contributed by atoms with Crippen molar-refractivity contribution in [2.75, 3.05) is 6.54 Å². The zero-order chi connectivity index (χ0) is 25.2. The molecule has 1 aromatic heterocycles. The fraction of sp³-hybridized carbons (Fsp3) is 0.130. The van der Waals surface area contributed by atoms with Crippen LogP contribution in [0.1, 0.15) is 27.1 Å². The standard InChI is InChI=1S/C23H20N4O7S/c24-21(28)20(11-14-26-22(29)18-3-1-2-4-19(18)23(26)30)27(31)35(32,33)17-7-5-15(6-8-17)34-16-9-12-25-13-10-16/h1-10,12-13,20,31H,11,14H2,(H2,24,28). The molecular formula is C23H20N4O7S. The van der Waals surface area contributed by atoms with Crippen molar-refractivity contribution in [2.24, 2.45) is 5.73 Å². The molecule has 1 aliphatic heterocycles. The Balaban J connectivity index is 1.47. The van der Waals surface area contributed by atoms with Crippen LogP contribution in [0.25, 0.3) is 0 Å². The van der Waals surface area contributed by atoms with E-state index in [1.165, 1.54) is 48.8 Å². The van der Waals surface area contributed by atoms with Crippen molar-refractivity contribution in [1.82, 2.24) is 14.4 Å². The third kappa shape index (κ3) is 4.75. The Kier molecular flexibility index (Phi) is 6.60. The Morgan fingerprint density at radius 3 is 2.06 bits per heavy atom. The number of aromatic nitrogens is 1. The number of carbonyl (C=O) groups excluding carboxylic acids is 3. The van der Waals surface area contributed by atoms with Crippen LogP contribution >= 0.6 is 0 Å². The van der Waals surface area contributed by atoms with Crippen LogP contribution in [0.2, 0.25) is 0 Å². The molecule has 0 fully saturated rings. The number of amides is 3. The Bertz CT molecular complexity index is 1340. The number of benzene rings is 2. The molecule has 180 valence electrons. The first kappa shape index (κ1) is 24.0. The number of hydroxylamine groups is 1. The fourth-order valence-corrected chi connectivity index (χ4v) is 4.79. The van der Waals surface area contributed by atoms with Crippen LogP contribution in [0.4, 0.5) is 0 Å². The lowest BCUT2D eigenvalue weighted by molar-refractivity contribution is -0.131. The Morgan fingerprint density at radius 2 is 1.51 bits per heavy atom. The van der Waals surface area contributed by atoms with E-state index in [0.717, 1.165) is 4.90 Å². The molecule has 2 aromatic carbocycles. The minimum atomic E-state index is -4.57. The van der Waals surface area contributed by atoms with E-state index in [1.54, 1.807) is 24.3 Å². The Morgan fingerprint density at radius 1 is 0.971 bits per heavy atom. The maximum atomic E-state index is 12.9. The van der Waals surface area contributed by atoms with Crippen LogP contribution in [-0.2, 0) is 14.8 Å². The molecule has 1 aliphatic rings. The number of rotatable bonds is 9. The van der Waals surface area contributed by atoms with E-state index in [-0.39, 0.29) is 27.0 Å². The van der Waals surface area contributed by atoms with Gasteiger partial charge in [-0.05, 0) is 55.0 Å². The largest absolute Gasteiger partial charge is 0.457 e. The highest BCUT2D eigenvalue weighted by molar-refractivity contribution is 7.89. The second kappa shape index (κ2) is 9.62. The first-order chi connectivity index (χ1) is 16.7. The van der Waals surface area contributed by atoms with Gasteiger partial charge in [0.05, 0.1) is 16.0 Å². The minimum Gasteiger partial charge on any atom is -0.457 e. The summed E-state index contributed by atoms with van der Waals surface area (Å²) in [4.78, 5) is 41.5. The third-order valence-electron chi connectivity index (χ3n) is 5.35. The van der Waals surface area contributed by atoms with Gasteiger partial charge in [-0.1, -0.05) is 16.6 Å². The highest BCUT2D eigenvalue weighted by Crippen LogP contribution is 2.26. The number of fused-ring (bicyclic) bond motifs is 1. The third-order valence-corrected chi connectivity index (χ3v) is 6.97. The van der Waals surface area contributed by atoms with Gasteiger partial charge in [0.1, 0.15) is 17.5 Å². The summed E-state index contributed by atoms with van der Waals surface area (Å²) >= 11 is 0. The average molecular weight is 497 g/mol. The molecule has 0 spiro atoms. The zero-order valence-corrected chi connectivity index (χ0v) is 19.0. The summed E-state index contributed by atoms with van der Waals surface area (Å²) in [5.74, 6) is -1.49. The van der Waals surface area contributed by atoms with Crippen molar-refractivity contribution in [2.45, 2.75) is 17.4 Å². The Labute approximate surface area is 200 Å². The van der Waals surface area contributed by atoms with Gasteiger partial charge in [-0.25, -0.2) is 8.42 Å². The zero-order valence-electron chi connectivity index (χ0n) is 18.1.